The number of nitrogens with zero attached hydrogens (tertiary/aromatic N) is 1. The number of hydrogen-bond acceptors (Lipinski definition) is 2. The van der Waals surface area contributed by atoms with Gasteiger partial charge in [0, 0.05) is 17.8 Å². The molecule has 0 saturated carbocycles. The van der Waals surface area contributed by atoms with Gasteiger partial charge in [0.15, 0.2) is 0 Å². The van der Waals surface area contributed by atoms with Gasteiger partial charge in [-0.2, -0.15) is 5.10 Å². The Morgan fingerprint density at radius 3 is 2.88 bits per heavy atom. The van der Waals surface area contributed by atoms with Crippen LogP contribution in [0, 0.1) is 12.7 Å². The van der Waals surface area contributed by atoms with Crippen molar-refractivity contribution in [3.63, 3.8) is 0 Å². The van der Waals surface area contributed by atoms with Gasteiger partial charge in [-0.15, -0.1) is 0 Å². The van der Waals surface area contributed by atoms with E-state index in [1.807, 2.05) is 19.2 Å². The molecule has 0 bridgehead atoms. The molecule has 2 aromatic rings. The number of rotatable bonds is 3. The van der Waals surface area contributed by atoms with Crippen LogP contribution in [0.25, 0.3) is 11.3 Å². The highest BCUT2D eigenvalue weighted by atomic mass is 19.1. The molecule has 0 fully saturated rings. The number of nitrogens with one attached hydrogen (secondary N) is 2. The van der Waals surface area contributed by atoms with Crippen LogP contribution in [-0.2, 0) is 6.54 Å². The lowest BCUT2D eigenvalue weighted by atomic mass is 10.1. The van der Waals surface area contributed by atoms with Crippen molar-refractivity contribution < 1.29 is 4.39 Å². The Morgan fingerprint density at radius 2 is 2.19 bits per heavy atom. The molecule has 0 amide bonds. The van der Waals surface area contributed by atoms with Gasteiger partial charge < -0.3 is 5.32 Å². The van der Waals surface area contributed by atoms with Crippen molar-refractivity contribution in [1.29, 1.82) is 0 Å². The van der Waals surface area contributed by atoms with E-state index < -0.39 is 0 Å². The number of aromatic amines is 1. The highest BCUT2D eigenvalue weighted by Crippen LogP contribution is 2.20. The fraction of sp³-hybridized carbons (Fsp3) is 0.250. The van der Waals surface area contributed by atoms with E-state index in [1.54, 1.807) is 13.0 Å². The first-order valence-corrected chi connectivity index (χ1v) is 5.16. The molecule has 0 spiro atoms. The maximum atomic E-state index is 13.4. The zero-order valence-corrected chi connectivity index (χ0v) is 9.34. The van der Waals surface area contributed by atoms with Gasteiger partial charge in [-0.05, 0) is 31.7 Å². The monoisotopic (exact) mass is 219 g/mol. The largest absolute Gasteiger partial charge is 0.314 e. The molecule has 1 aromatic heterocycles. The van der Waals surface area contributed by atoms with Gasteiger partial charge in [0.05, 0.1) is 5.69 Å². The Balaban J connectivity index is 2.31. The highest BCUT2D eigenvalue weighted by molar-refractivity contribution is 5.59. The van der Waals surface area contributed by atoms with Crippen molar-refractivity contribution in [2.24, 2.45) is 0 Å². The summed E-state index contributed by atoms with van der Waals surface area (Å²) in [4.78, 5) is 0. The molecule has 0 aliphatic carbocycles. The average Bonchev–Trinajstić information content (AvgIpc) is 2.71. The van der Waals surface area contributed by atoms with Crippen LogP contribution in [0.1, 0.15) is 11.3 Å². The van der Waals surface area contributed by atoms with Crippen LogP contribution in [0.15, 0.2) is 24.3 Å². The molecular weight excluding hydrogens is 205 g/mol. The predicted octanol–water partition coefficient (Wildman–Crippen LogP) is 2.24. The normalized spacial score (nSPS) is 10.7. The van der Waals surface area contributed by atoms with E-state index in [1.165, 1.54) is 6.07 Å². The molecule has 2 rings (SSSR count). The van der Waals surface area contributed by atoms with Crippen molar-refractivity contribution in [2.75, 3.05) is 7.05 Å². The Kier molecular flexibility index (Phi) is 3.01. The Morgan fingerprint density at radius 1 is 1.38 bits per heavy atom. The Bertz CT molecular complexity index is 491. The van der Waals surface area contributed by atoms with E-state index in [4.69, 9.17) is 0 Å². The summed E-state index contributed by atoms with van der Waals surface area (Å²) in [7, 11) is 1.87. The molecule has 2 N–H and O–H groups in total. The van der Waals surface area contributed by atoms with E-state index in [0.717, 1.165) is 23.5 Å². The summed E-state index contributed by atoms with van der Waals surface area (Å²) in [6.45, 7) is 2.47. The maximum Gasteiger partial charge on any atom is 0.126 e. The second-order valence-corrected chi connectivity index (χ2v) is 3.77. The molecule has 4 heteroatoms. The predicted molar refractivity (Wildman–Crippen MR) is 61.5 cm³/mol. The van der Waals surface area contributed by atoms with Crippen molar-refractivity contribution in [3.8, 4) is 11.3 Å². The van der Waals surface area contributed by atoms with E-state index in [0.29, 0.717) is 5.56 Å². The standard InChI is InChI=1S/C12H14FN3/c1-8-3-4-9(5-11(8)13)12-6-10(7-14-2)15-16-12/h3-6,14H,7H2,1-2H3,(H,15,16). The van der Waals surface area contributed by atoms with E-state index in [-0.39, 0.29) is 5.82 Å². The first-order chi connectivity index (χ1) is 7.70. The molecule has 16 heavy (non-hydrogen) atoms. The van der Waals surface area contributed by atoms with Crippen LogP contribution in [0.2, 0.25) is 0 Å². The van der Waals surface area contributed by atoms with Gasteiger partial charge in [0.1, 0.15) is 5.82 Å². The first-order valence-electron chi connectivity index (χ1n) is 5.16. The van der Waals surface area contributed by atoms with Gasteiger partial charge in [-0.25, -0.2) is 4.39 Å². The van der Waals surface area contributed by atoms with Gasteiger partial charge >= 0.3 is 0 Å². The van der Waals surface area contributed by atoms with Crippen molar-refractivity contribution >= 4 is 0 Å². The number of hydrogen-bond donors (Lipinski definition) is 2. The van der Waals surface area contributed by atoms with E-state index >= 15 is 0 Å². The minimum Gasteiger partial charge on any atom is -0.314 e. The molecule has 0 saturated heterocycles. The second-order valence-electron chi connectivity index (χ2n) is 3.77. The van der Waals surface area contributed by atoms with Crippen LogP contribution in [-0.4, -0.2) is 17.2 Å². The lowest BCUT2D eigenvalue weighted by molar-refractivity contribution is 0.619. The SMILES string of the molecule is CNCc1cc(-c2ccc(C)c(F)c2)n[nH]1. The van der Waals surface area contributed by atoms with Gasteiger partial charge in [-0.3, -0.25) is 5.10 Å². The second kappa shape index (κ2) is 4.45. The lowest BCUT2D eigenvalue weighted by Gasteiger charge is -1.99. The summed E-state index contributed by atoms with van der Waals surface area (Å²) in [6.07, 6.45) is 0. The number of halogens is 1. The Labute approximate surface area is 93.7 Å². The minimum absolute atomic E-state index is 0.198. The smallest absolute Gasteiger partial charge is 0.126 e. The van der Waals surface area contributed by atoms with Crippen LogP contribution < -0.4 is 5.32 Å². The van der Waals surface area contributed by atoms with E-state index in [2.05, 4.69) is 15.5 Å². The molecule has 0 unspecified atom stereocenters. The third-order valence-electron chi connectivity index (χ3n) is 2.47. The zero-order chi connectivity index (χ0) is 11.5. The number of benzene rings is 1. The topological polar surface area (TPSA) is 40.7 Å². The van der Waals surface area contributed by atoms with Crippen LogP contribution in [0.4, 0.5) is 4.39 Å². The van der Waals surface area contributed by atoms with E-state index in [9.17, 15) is 4.39 Å². The van der Waals surface area contributed by atoms with Gasteiger partial charge in [-0.1, -0.05) is 12.1 Å². The summed E-state index contributed by atoms with van der Waals surface area (Å²) < 4.78 is 13.4. The summed E-state index contributed by atoms with van der Waals surface area (Å²) in [5, 5.41) is 10.1. The molecule has 0 radical (unpaired) electrons. The first kappa shape index (κ1) is 10.8. The van der Waals surface area contributed by atoms with Crippen LogP contribution >= 0.6 is 0 Å². The molecule has 0 atom stereocenters. The van der Waals surface area contributed by atoms with Crippen molar-refractivity contribution in [1.82, 2.24) is 15.5 Å². The highest BCUT2D eigenvalue weighted by Gasteiger charge is 2.05. The molecular formula is C12H14FN3. The molecule has 3 nitrogen and oxygen atoms in total. The average molecular weight is 219 g/mol. The third-order valence-corrected chi connectivity index (χ3v) is 2.47. The van der Waals surface area contributed by atoms with Crippen molar-refractivity contribution in [3.05, 3.63) is 41.3 Å². The van der Waals surface area contributed by atoms with Crippen molar-refractivity contribution in [2.45, 2.75) is 13.5 Å². The molecule has 0 aliphatic rings. The maximum absolute atomic E-state index is 13.4. The number of aromatic nitrogens is 2. The fourth-order valence-electron chi connectivity index (χ4n) is 1.54. The quantitative estimate of drug-likeness (QED) is 0.831. The van der Waals surface area contributed by atoms with Gasteiger partial charge in [0.25, 0.3) is 0 Å². The van der Waals surface area contributed by atoms with Crippen LogP contribution in [0.5, 0.6) is 0 Å². The molecule has 1 aromatic carbocycles. The number of H-pyrrole nitrogens is 1. The Hall–Kier alpha value is -1.68. The van der Waals surface area contributed by atoms with Crippen LogP contribution in [0.3, 0.4) is 0 Å². The summed E-state index contributed by atoms with van der Waals surface area (Å²) in [5.41, 5.74) is 3.19. The molecule has 1 heterocycles. The summed E-state index contributed by atoms with van der Waals surface area (Å²) in [6, 6.07) is 7.06. The summed E-state index contributed by atoms with van der Waals surface area (Å²) >= 11 is 0. The molecule has 0 aliphatic heterocycles. The minimum atomic E-state index is -0.198. The van der Waals surface area contributed by atoms with Gasteiger partial charge in [0.2, 0.25) is 0 Å². The molecule has 84 valence electrons. The fourth-order valence-corrected chi connectivity index (χ4v) is 1.54. The lowest BCUT2D eigenvalue weighted by Crippen LogP contribution is -2.04. The summed E-state index contributed by atoms with van der Waals surface area (Å²) in [5.74, 6) is -0.198. The zero-order valence-electron chi connectivity index (χ0n) is 9.34. The third kappa shape index (κ3) is 2.12. The number of aryl methyl sites for hydroxylation is 1.